The molecular weight excluding hydrogens is 354 g/mol. The van der Waals surface area contributed by atoms with Crippen LogP contribution in [0.4, 0.5) is 17.2 Å². The van der Waals surface area contributed by atoms with E-state index in [1.165, 1.54) is 11.3 Å². The number of aromatic nitrogens is 2. The Morgan fingerprint density at radius 1 is 1.14 bits per heavy atom. The van der Waals surface area contributed by atoms with Gasteiger partial charge in [0, 0.05) is 24.5 Å². The number of amides is 1. The van der Waals surface area contributed by atoms with Gasteiger partial charge in [-0.2, -0.15) is 0 Å². The number of benzene rings is 2. The van der Waals surface area contributed by atoms with Crippen LogP contribution in [0.15, 0.2) is 42.5 Å². The molecule has 0 aliphatic carbocycles. The zero-order valence-electron chi connectivity index (χ0n) is 15.8. The van der Waals surface area contributed by atoms with Gasteiger partial charge < -0.3 is 20.7 Å². The van der Waals surface area contributed by atoms with Crippen LogP contribution in [0.2, 0.25) is 0 Å². The van der Waals surface area contributed by atoms with E-state index in [1.54, 1.807) is 0 Å². The predicted molar refractivity (Wildman–Crippen MR) is 110 cm³/mol. The molecule has 3 aromatic rings. The number of primary amides is 1. The highest BCUT2D eigenvalue weighted by Gasteiger charge is 2.17. The zero-order chi connectivity index (χ0) is 19.5. The topological polar surface area (TPSA) is 93.4 Å². The van der Waals surface area contributed by atoms with Gasteiger partial charge in [0.15, 0.2) is 11.5 Å². The van der Waals surface area contributed by atoms with Gasteiger partial charge in [0.25, 0.3) is 5.91 Å². The van der Waals surface area contributed by atoms with Crippen LogP contribution in [-0.4, -0.2) is 42.2 Å². The van der Waals surface area contributed by atoms with Crippen molar-refractivity contribution in [1.29, 1.82) is 0 Å². The number of para-hydroxylation sites is 2. The van der Waals surface area contributed by atoms with Crippen LogP contribution < -0.4 is 16.0 Å². The van der Waals surface area contributed by atoms with Crippen LogP contribution in [0.3, 0.4) is 0 Å². The fraction of sp³-hybridized carbons (Fsp3) is 0.286. The Labute approximate surface area is 163 Å². The van der Waals surface area contributed by atoms with Gasteiger partial charge in [-0.05, 0) is 42.3 Å². The maximum atomic E-state index is 11.9. The summed E-state index contributed by atoms with van der Waals surface area (Å²) in [6.07, 6.45) is 0.897. The molecule has 2 heterocycles. The molecule has 1 amide bonds. The summed E-state index contributed by atoms with van der Waals surface area (Å²) in [6.45, 7) is 5.41. The molecule has 1 fully saturated rings. The summed E-state index contributed by atoms with van der Waals surface area (Å²) in [6, 6.07) is 13.6. The predicted octanol–water partition coefficient (Wildman–Crippen LogP) is 2.87. The number of carbonyl (C=O) groups excluding carboxylic acids is 1. The summed E-state index contributed by atoms with van der Waals surface area (Å²) in [5.74, 6) is -0.242. The highest BCUT2D eigenvalue weighted by atomic mass is 16.5. The summed E-state index contributed by atoms with van der Waals surface area (Å²) >= 11 is 0. The minimum atomic E-state index is -0.610. The van der Waals surface area contributed by atoms with Gasteiger partial charge in [0.2, 0.25) is 0 Å². The second-order valence-electron chi connectivity index (χ2n) is 6.70. The molecule has 1 aromatic heterocycles. The Balaban J connectivity index is 1.68. The molecule has 7 heteroatoms. The molecule has 0 spiro atoms. The van der Waals surface area contributed by atoms with E-state index >= 15 is 0 Å². The van der Waals surface area contributed by atoms with E-state index in [0.717, 1.165) is 38.4 Å². The van der Waals surface area contributed by atoms with Gasteiger partial charge in [-0.15, -0.1) is 0 Å². The number of morpholine rings is 1. The van der Waals surface area contributed by atoms with Crippen molar-refractivity contribution in [1.82, 2.24) is 9.97 Å². The fourth-order valence-electron chi connectivity index (χ4n) is 3.45. The fourth-order valence-corrected chi connectivity index (χ4v) is 3.45. The zero-order valence-corrected chi connectivity index (χ0v) is 15.8. The number of ether oxygens (including phenoxy) is 1. The molecule has 7 nitrogen and oxygen atoms in total. The van der Waals surface area contributed by atoms with E-state index in [9.17, 15) is 4.79 Å². The monoisotopic (exact) mass is 377 g/mol. The number of hydrogen-bond donors (Lipinski definition) is 2. The molecule has 144 valence electrons. The molecule has 2 aromatic carbocycles. The number of rotatable bonds is 5. The van der Waals surface area contributed by atoms with Crippen LogP contribution in [0.25, 0.3) is 11.0 Å². The molecule has 1 saturated heterocycles. The minimum Gasteiger partial charge on any atom is -0.378 e. The van der Waals surface area contributed by atoms with Crippen molar-refractivity contribution in [2.45, 2.75) is 13.3 Å². The summed E-state index contributed by atoms with van der Waals surface area (Å²) in [4.78, 5) is 23.2. The average Bonchev–Trinajstić information content (AvgIpc) is 2.73. The second-order valence-corrected chi connectivity index (χ2v) is 6.70. The largest absolute Gasteiger partial charge is 0.378 e. The van der Waals surface area contributed by atoms with Crippen molar-refractivity contribution in [2.24, 2.45) is 5.73 Å². The van der Waals surface area contributed by atoms with Crippen molar-refractivity contribution in [3.8, 4) is 0 Å². The molecule has 0 unspecified atom stereocenters. The Morgan fingerprint density at radius 2 is 1.86 bits per heavy atom. The third-order valence-corrected chi connectivity index (χ3v) is 4.88. The first-order valence-electron chi connectivity index (χ1n) is 9.45. The third-order valence-electron chi connectivity index (χ3n) is 4.88. The molecule has 28 heavy (non-hydrogen) atoms. The van der Waals surface area contributed by atoms with Crippen LogP contribution in [-0.2, 0) is 11.2 Å². The molecule has 1 aliphatic rings. The van der Waals surface area contributed by atoms with E-state index in [1.807, 2.05) is 30.3 Å². The molecule has 3 N–H and O–H groups in total. The van der Waals surface area contributed by atoms with Crippen molar-refractivity contribution in [2.75, 3.05) is 36.5 Å². The lowest BCUT2D eigenvalue weighted by atomic mass is 10.1. The van der Waals surface area contributed by atoms with E-state index < -0.39 is 5.91 Å². The van der Waals surface area contributed by atoms with Crippen molar-refractivity contribution in [3.05, 3.63) is 53.7 Å². The van der Waals surface area contributed by atoms with E-state index in [2.05, 4.69) is 39.2 Å². The van der Waals surface area contributed by atoms with Crippen LogP contribution >= 0.6 is 0 Å². The number of fused-ring (bicyclic) bond motifs is 1. The molecular formula is C21H23N5O2. The Kier molecular flexibility index (Phi) is 5.08. The number of carbonyl (C=O) groups is 1. The highest BCUT2D eigenvalue weighted by Crippen LogP contribution is 2.28. The van der Waals surface area contributed by atoms with Crippen molar-refractivity contribution < 1.29 is 9.53 Å². The second kappa shape index (κ2) is 7.82. The lowest BCUT2D eigenvalue weighted by Gasteiger charge is -2.30. The van der Waals surface area contributed by atoms with Crippen molar-refractivity contribution in [3.63, 3.8) is 0 Å². The van der Waals surface area contributed by atoms with Gasteiger partial charge >= 0.3 is 0 Å². The quantitative estimate of drug-likeness (QED) is 0.710. The van der Waals surface area contributed by atoms with Gasteiger partial charge in [-0.3, -0.25) is 4.79 Å². The van der Waals surface area contributed by atoms with Crippen LogP contribution in [0.1, 0.15) is 23.0 Å². The summed E-state index contributed by atoms with van der Waals surface area (Å²) in [5.41, 5.74) is 10.3. The molecule has 4 rings (SSSR count). The van der Waals surface area contributed by atoms with Gasteiger partial charge in [0.1, 0.15) is 0 Å². The lowest BCUT2D eigenvalue weighted by Crippen LogP contribution is -2.36. The average molecular weight is 377 g/mol. The summed E-state index contributed by atoms with van der Waals surface area (Å²) in [7, 11) is 0. The number of anilines is 3. The van der Waals surface area contributed by atoms with E-state index in [4.69, 9.17) is 10.5 Å². The molecule has 1 aliphatic heterocycles. The van der Waals surface area contributed by atoms with Gasteiger partial charge in [-0.25, -0.2) is 9.97 Å². The molecule has 0 saturated carbocycles. The Bertz CT molecular complexity index is 1010. The summed E-state index contributed by atoms with van der Waals surface area (Å²) in [5, 5.41) is 3.23. The van der Waals surface area contributed by atoms with Crippen molar-refractivity contribution >= 4 is 34.1 Å². The molecule has 0 bridgehead atoms. The minimum absolute atomic E-state index is 0.133. The maximum absolute atomic E-state index is 11.9. The SMILES string of the molecule is CCc1cc(Nc2nc3ccccc3nc2C(N)=O)ccc1N1CCOCC1. The molecule has 0 atom stereocenters. The first-order chi connectivity index (χ1) is 13.7. The Morgan fingerprint density at radius 3 is 2.54 bits per heavy atom. The first kappa shape index (κ1) is 18.2. The molecule has 0 radical (unpaired) electrons. The lowest BCUT2D eigenvalue weighted by molar-refractivity contribution is 0.0996. The smallest absolute Gasteiger partial charge is 0.271 e. The number of nitrogens with one attached hydrogen (secondary N) is 1. The number of nitrogens with two attached hydrogens (primary N) is 1. The third kappa shape index (κ3) is 3.61. The van der Waals surface area contributed by atoms with E-state index in [-0.39, 0.29) is 5.69 Å². The van der Waals surface area contributed by atoms with E-state index in [0.29, 0.717) is 16.9 Å². The highest BCUT2D eigenvalue weighted by molar-refractivity contribution is 5.98. The van der Waals surface area contributed by atoms with Gasteiger partial charge in [-0.1, -0.05) is 19.1 Å². The normalized spacial score (nSPS) is 14.2. The van der Waals surface area contributed by atoms with Gasteiger partial charge in [0.05, 0.1) is 24.2 Å². The van der Waals surface area contributed by atoms with Crippen LogP contribution in [0, 0.1) is 0 Å². The number of hydrogen-bond acceptors (Lipinski definition) is 6. The Hall–Kier alpha value is -3.19. The standard InChI is InChI=1S/C21H23N5O2/c1-2-14-13-15(7-8-18(14)26-9-11-28-12-10-26)23-21-19(20(22)27)24-16-5-3-4-6-17(16)25-21/h3-8,13H,2,9-12H2,1H3,(H2,22,27)(H,23,25). The summed E-state index contributed by atoms with van der Waals surface area (Å²) < 4.78 is 5.46. The first-order valence-corrected chi connectivity index (χ1v) is 9.45. The number of aryl methyl sites for hydroxylation is 1. The maximum Gasteiger partial charge on any atom is 0.271 e. The number of nitrogens with zero attached hydrogens (tertiary/aromatic N) is 3. The van der Waals surface area contributed by atoms with Crippen LogP contribution in [0.5, 0.6) is 0 Å².